The van der Waals surface area contributed by atoms with Gasteiger partial charge < -0.3 is 0 Å². The fourth-order valence-corrected chi connectivity index (χ4v) is 1.48. The highest BCUT2D eigenvalue weighted by atomic mass is 79.9. The molecule has 0 aliphatic rings. The molecule has 1 aromatic carbocycles. The molecule has 0 atom stereocenters. The Kier molecular flexibility index (Phi) is 3.43. The highest BCUT2D eigenvalue weighted by Gasteiger charge is 1.97. The molecule has 0 aliphatic heterocycles. The van der Waals surface area contributed by atoms with E-state index in [0.717, 1.165) is 6.42 Å². The maximum absolute atomic E-state index is 3.42. The molecule has 0 aliphatic carbocycles. The molecule has 0 saturated carbocycles. The lowest BCUT2D eigenvalue weighted by Crippen LogP contribution is -1.91. The summed E-state index contributed by atoms with van der Waals surface area (Å²) in [6.07, 6.45) is 1.01. The van der Waals surface area contributed by atoms with Crippen molar-refractivity contribution in [3.63, 3.8) is 0 Å². The number of rotatable bonds is 2. The zero-order chi connectivity index (χ0) is 7.40. The third-order valence-corrected chi connectivity index (χ3v) is 1.82. The fraction of sp³-hybridized carbons (Fsp3) is 0.250. The molecule has 0 N–H and O–H groups in total. The van der Waals surface area contributed by atoms with Gasteiger partial charge >= 0.3 is 0 Å². The second-order valence-electron chi connectivity index (χ2n) is 2.00. The predicted octanol–water partition coefficient (Wildman–Crippen LogP) is 3.15. The van der Waals surface area contributed by atoms with Crippen LogP contribution in [0.15, 0.2) is 24.3 Å². The SMILES string of the molecule is BrC(Br)Cc1cc[c]cc1. The van der Waals surface area contributed by atoms with Crippen LogP contribution in [0.3, 0.4) is 0 Å². The van der Waals surface area contributed by atoms with Crippen LogP contribution in [0, 0.1) is 6.07 Å². The Morgan fingerprint density at radius 3 is 2.40 bits per heavy atom. The summed E-state index contributed by atoms with van der Waals surface area (Å²) in [5, 5.41) is 0. The van der Waals surface area contributed by atoms with Gasteiger partial charge in [-0.1, -0.05) is 56.1 Å². The van der Waals surface area contributed by atoms with Crippen LogP contribution in [-0.2, 0) is 6.42 Å². The highest BCUT2D eigenvalue weighted by Crippen LogP contribution is 2.14. The monoisotopic (exact) mass is 261 g/mol. The first-order valence-corrected chi connectivity index (χ1v) is 4.85. The Balaban J connectivity index is 2.59. The molecular weight excluding hydrogens is 256 g/mol. The topological polar surface area (TPSA) is 0 Å². The van der Waals surface area contributed by atoms with E-state index >= 15 is 0 Å². The molecule has 0 bridgehead atoms. The number of benzene rings is 1. The maximum Gasteiger partial charge on any atom is 0.0738 e. The van der Waals surface area contributed by atoms with Gasteiger partial charge in [0.2, 0.25) is 0 Å². The summed E-state index contributed by atoms with van der Waals surface area (Å²) in [7, 11) is 0. The fourth-order valence-electron chi connectivity index (χ4n) is 0.736. The van der Waals surface area contributed by atoms with Gasteiger partial charge in [0.25, 0.3) is 0 Å². The number of hydrogen-bond donors (Lipinski definition) is 0. The van der Waals surface area contributed by atoms with Crippen molar-refractivity contribution in [2.24, 2.45) is 0 Å². The number of alkyl halides is 2. The summed E-state index contributed by atoms with van der Waals surface area (Å²) in [4.78, 5) is 0. The van der Waals surface area contributed by atoms with Crippen molar-refractivity contribution >= 4 is 31.9 Å². The van der Waals surface area contributed by atoms with Crippen LogP contribution in [0.4, 0.5) is 0 Å². The van der Waals surface area contributed by atoms with E-state index < -0.39 is 0 Å². The van der Waals surface area contributed by atoms with Crippen LogP contribution >= 0.6 is 31.9 Å². The molecular formula is C8H7Br2. The predicted molar refractivity (Wildman–Crippen MR) is 50.6 cm³/mol. The van der Waals surface area contributed by atoms with Gasteiger partial charge in [0.05, 0.1) is 3.74 Å². The second-order valence-corrected chi connectivity index (χ2v) is 5.44. The van der Waals surface area contributed by atoms with Crippen LogP contribution < -0.4 is 0 Å². The van der Waals surface area contributed by atoms with Gasteiger partial charge in [0.15, 0.2) is 0 Å². The van der Waals surface area contributed by atoms with E-state index in [-0.39, 0.29) is 0 Å². The standard InChI is InChI=1S/C8H7Br2/c9-8(10)6-7-4-2-1-3-5-7/h2-5,8H,6H2. The molecule has 1 rings (SSSR count). The molecule has 0 saturated heterocycles. The zero-order valence-corrected chi connectivity index (χ0v) is 8.52. The first-order valence-electron chi connectivity index (χ1n) is 3.02. The lowest BCUT2D eigenvalue weighted by atomic mass is 10.2. The summed E-state index contributed by atoms with van der Waals surface area (Å²) in [6, 6.07) is 11.0. The summed E-state index contributed by atoms with van der Waals surface area (Å²) < 4.78 is 0.377. The van der Waals surface area contributed by atoms with Gasteiger partial charge in [-0.15, -0.1) is 0 Å². The Morgan fingerprint density at radius 1 is 1.30 bits per heavy atom. The van der Waals surface area contributed by atoms with Crippen LogP contribution in [0.25, 0.3) is 0 Å². The van der Waals surface area contributed by atoms with Gasteiger partial charge in [-0.2, -0.15) is 0 Å². The highest BCUT2D eigenvalue weighted by molar-refractivity contribution is 9.24. The molecule has 2 heteroatoms. The van der Waals surface area contributed by atoms with Crippen molar-refractivity contribution in [2.45, 2.75) is 10.2 Å². The maximum atomic E-state index is 3.42. The van der Waals surface area contributed by atoms with Gasteiger partial charge in [-0.3, -0.25) is 0 Å². The van der Waals surface area contributed by atoms with Crippen molar-refractivity contribution in [1.82, 2.24) is 0 Å². The van der Waals surface area contributed by atoms with Crippen LogP contribution in [0.5, 0.6) is 0 Å². The van der Waals surface area contributed by atoms with E-state index in [2.05, 4.69) is 50.1 Å². The molecule has 10 heavy (non-hydrogen) atoms. The van der Waals surface area contributed by atoms with Crippen molar-refractivity contribution in [2.75, 3.05) is 0 Å². The molecule has 53 valence electrons. The van der Waals surface area contributed by atoms with E-state index in [1.54, 1.807) is 0 Å². The summed E-state index contributed by atoms with van der Waals surface area (Å²) in [6.45, 7) is 0. The van der Waals surface area contributed by atoms with Crippen LogP contribution in [0.2, 0.25) is 0 Å². The van der Waals surface area contributed by atoms with Crippen molar-refractivity contribution < 1.29 is 0 Å². The van der Waals surface area contributed by atoms with E-state index in [9.17, 15) is 0 Å². The minimum absolute atomic E-state index is 0.377. The summed E-state index contributed by atoms with van der Waals surface area (Å²) in [5.41, 5.74) is 1.32. The Bertz CT molecular complexity index is 182. The van der Waals surface area contributed by atoms with E-state index in [0.29, 0.717) is 3.74 Å². The Morgan fingerprint density at radius 2 is 1.90 bits per heavy atom. The van der Waals surface area contributed by atoms with E-state index in [1.807, 2.05) is 12.1 Å². The van der Waals surface area contributed by atoms with Gasteiger partial charge in [-0.05, 0) is 18.1 Å². The first kappa shape index (κ1) is 8.28. The smallest absolute Gasteiger partial charge is 0.0738 e. The molecule has 0 unspecified atom stereocenters. The molecule has 1 radical (unpaired) electrons. The quantitative estimate of drug-likeness (QED) is 0.719. The molecule has 0 fully saturated rings. The van der Waals surface area contributed by atoms with Crippen molar-refractivity contribution in [3.8, 4) is 0 Å². The average molecular weight is 263 g/mol. The number of hydrogen-bond acceptors (Lipinski definition) is 0. The molecule has 0 heterocycles. The normalized spacial score (nSPS) is 10.3. The van der Waals surface area contributed by atoms with Crippen molar-refractivity contribution in [1.29, 1.82) is 0 Å². The molecule has 0 spiro atoms. The van der Waals surface area contributed by atoms with E-state index in [1.165, 1.54) is 5.56 Å². The molecule has 0 amide bonds. The molecule has 1 aromatic rings. The average Bonchev–Trinajstić information content (AvgIpc) is 1.88. The second kappa shape index (κ2) is 4.14. The largest absolute Gasteiger partial charge is 0.0761 e. The third-order valence-electron chi connectivity index (χ3n) is 1.18. The van der Waals surface area contributed by atoms with Crippen LogP contribution in [-0.4, -0.2) is 3.74 Å². The minimum atomic E-state index is 0.377. The number of halogens is 2. The Hall–Kier alpha value is 0.180. The lowest BCUT2D eigenvalue weighted by molar-refractivity contribution is 1.13. The zero-order valence-electron chi connectivity index (χ0n) is 5.35. The van der Waals surface area contributed by atoms with E-state index in [4.69, 9.17) is 0 Å². The first-order chi connectivity index (χ1) is 4.79. The lowest BCUT2D eigenvalue weighted by Gasteiger charge is -1.99. The molecule has 0 nitrogen and oxygen atoms in total. The summed E-state index contributed by atoms with van der Waals surface area (Å²) in [5.74, 6) is 0. The van der Waals surface area contributed by atoms with Gasteiger partial charge in [0, 0.05) is 0 Å². The Labute approximate surface area is 77.9 Å². The van der Waals surface area contributed by atoms with Gasteiger partial charge in [-0.25, -0.2) is 0 Å². The third kappa shape index (κ3) is 2.84. The van der Waals surface area contributed by atoms with Crippen molar-refractivity contribution in [3.05, 3.63) is 35.9 Å². The summed E-state index contributed by atoms with van der Waals surface area (Å²) >= 11 is 6.84. The minimum Gasteiger partial charge on any atom is -0.0761 e. The van der Waals surface area contributed by atoms with Gasteiger partial charge in [0.1, 0.15) is 0 Å². The van der Waals surface area contributed by atoms with Crippen LogP contribution in [0.1, 0.15) is 5.56 Å². The molecule has 0 aromatic heterocycles.